The number of phenols is 1. The van der Waals surface area contributed by atoms with Crippen molar-refractivity contribution in [3.8, 4) is 17.2 Å². The van der Waals surface area contributed by atoms with Gasteiger partial charge < -0.3 is 25.0 Å². The molecule has 0 unspecified atom stereocenters. The van der Waals surface area contributed by atoms with E-state index in [9.17, 15) is 14.7 Å². The van der Waals surface area contributed by atoms with Gasteiger partial charge in [-0.15, -0.1) is 0 Å². The number of carboxylic acids is 1. The summed E-state index contributed by atoms with van der Waals surface area (Å²) in [4.78, 5) is 29.2. The van der Waals surface area contributed by atoms with Crippen molar-refractivity contribution in [2.24, 2.45) is 4.99 Å². The van der Waals surface area contributed by atoms with Gasteiger partial charge in [-0.1, -0.05) is 6.07 Å². The van der Waals surface area contributed by atoms with Gasteiger partial charge in [0.2, 0.25) is 12.8 Å². The molecule has 2 heterocycles. The summed E-state index contributed by atoms with van der Waals surface area (Å²) in [7, 11) is 1.55. The first-order valence-corrected chi connectivity index (χ1v) is 8.24. The Balaban J connectivity index is 1.61. The summed E-state index contributed by atoms with van der Waals surface area (Å²) in [5, 5.41) is 21.6. The van der Waals surface area contributed by atoms with Crippen LogP contribution >= 0.6 is 0 Å². The molecule has 3 N–H and O–H groups in total. The number of nitrogens with one attached hydrogen (secondary N) is 1. The molecule has 1 amide bonds. The number of aliphatic imine (C=N–C) groups is 1. The van der Waals surface area contributed by atoms with Gasteiger partial charge in [-0.25, -0.2) is 9.79 Å². The molecule has 0 fully saturated rings. The molecule has 2 aromatic rings. The maximum absolute atomic E-state index is 12.5. The van der Waals surface area contributed by atoms with Crippen molar-refractivity contribution in [1.82, 2.24) is 4.90 Å². The van der Waals surface area contributed by atoms with Gasteiger partial charge in [0.15, 0.2) is 11.5 Å². The highest BCUT2D eigenvalue weighted by Gasteiger charge is 2.27. The molecule has 2 aliphatic rings. The third kappa shape index (κ3) is 3.09. The Morgan fingerprint density at radius 1 is 1.21 bits per heavy atom. The normalized spacial score (nSPS) is 16.5. The number of benzene rings is 2. The van der Waals surface area contributed by atoms with Crippen molar-refractivity contribution < 1.29 is 29.3 Å². The van der Waals surface area contributed by atoms with Gasteiger partial charge >= 0.3 is 5.97 Å². The lowest BCUT2D eigenvalue weighted by Crippen LogP contribution is -2.32. The number of fused-ring (bicyclic) bond motifs is 1. The molecule has 9 nitrogen and oxygen atoms in total. The number of ether oxygens (including phenoxy) is 2. The van der Waals surface area contributed by atoms with Crippen LogP contribution in [0.3, 0.4) is 0 Å². The molecule has 28 heavy (non-hydrogen) atoms. The van der Waals surface area contributed by atoms with Gasteiger partial charge in [0.05, 0.1) is 0 Å². The van der Waals surface area contributed by atoms with Crippen LogP contribution in [0.15, 0.2) is 47.1 Å². The first-order chi connectivity index (χ1) is 13.4. The Kier molecular flexibility index (Phi) is 4.11. The molecule has 0 aliphatic carbocycles. The van der Waals surface area contributed by atoms with E-state index in [2.05, 4.69) is 10.3 Å². The topological polar surface area (TPSA) is 121 Å². The Hall–Kier alpha value is -4.01. The second-order valence-electron chi connectivity index (χ2n) is 6.10. The molecule has 142 valence electrons. The van der Waals surface area contributed by atoms with Crippen molar-refractivity contribution >= 4 is 29.6 Å². The number of carboxylic acid groups (broad SMARTS) is 1. The number of amides is 1. The average Bonchev–Trinajstić information content (AvgIpc) is 3.23. The number of carbonyl (C=O) groups excluding carboxylic acids is 1. The zero-order valence-corrected chi connectivity index (χ0v) is 14.7. The lowest BCUT2D eigenvalue weighted by molar-refractivity contribution is -0.121. The molecule has 0 saturated carbocycles. The summed E-state index contributed by atoms with van der Waals surface area (Å²) in [5.74, 6) is -0.455. The maximum Gasteiger partial charge on any atom is 0.339 e. The van der Waals surface area contributed by atoms with Crippen LogP contribution in [0, 0.1) is 0 Å². The Morgan fingerprint density at radius 3 is 2.79 bits per heavy atom. The number of hydrogen-bond donors (Lipinski definition) is 3. The molecule has 0 atom stereocenters. The summed E-state index contributed by atoms with van der Waals surface area (Å²) in [5.41, 5.74) is 1.05. The number of carbonyl (C=O) groups is 2. The van der Waals surface area contributed by atoms with Gasteiger partial charge in [0, 0.05) is 12.7 Å². The zero-order valence-electron chi connectivity index (χ0n) is 14.7. The van der Waals surface area contributed by atoms with Crippen molar-refractivity contribution in [1.29, 1.82) is 0 Å². The van der Waals surface area contributed by atoms with E-state index < -0.39 is 5.97 Å². The predicted octanol–water partition coefficient (Wildman–Crippen LogP) is 2.10. The fraction of sp³-hybridized carbons (Fsp3) is 0.105. The lowest BCUT2D eigenvalue weighted by Gasteiger charge is -2.14. The number of likely N-dealkylation sites (N-methyl/N-ethyl adjacent to an activating group) is 1. The van der Waals surface area contributed by atoms with E-state index >= 15 is 0 Å². The summed E-state index contributed by atoms with van der Waals surface area (Å²) < 4.78 is 10.6. The number of guanidine groups is 1. The van der Waals surface area contributed by atoms with Crippen molar-refractivity contribution in [2.75, 3.05) is 19.2 Å². The smallest absolute Gasteiger partial charge is 0.339 e. The number of rotatable bonds is 3. The number of aromatic carboxylic acids is 1. The maximum atomic E-state index is 12.5. The number of nitrogens with zero attached hydrogens (tertiary/aromatic N) is 2. The minimum atomic E-state index is -1.26. The van der Waals surface area contributed by atoms with Crippen LogP contribution < -0.4 is 14.8 Å². The summed E-state index contributed by atoms with van der Waals surface area (Å²) >= 11 is 0. The molecule has 2 aliphatic heterocycles. The molecule has 0 aromatic heterocycles. The van der Waals surface area contributed by atoms with Crippen LogP contribution in [0.1, 0.15) is 15.9 Å². The highest BCUT2D eigenvalue weighted by atomic mass is 16.7. The molecule has 2 aromatic carbocycles. The van der Waals surface area contributed by atoms with E-state index in [1.54, 1.807) is 31.3 Å². The monoisotopic (exact) mass is 381 g/mol. The summed E-state index contributed by atoms with van der Waals surface area (Å²) in [6, 6.07) is 9.30. The zero-order chi connectivity index (χ0) is 19.8. The molecule has 0 spiro atoms. The quantitative estimate of drug-likeness (QED) is 0.550. The van der Waals surface area contributed by atoms with E-state index in [1.165, 1.54) is 23.1 Å². The fourth-order valence-electron chi connectivity index (χ4n) is 2.79. The Morgan fingerprint density at radius 2 is 2.00 bits per heavy atom. The van der Waals surface area contributed by atoms with Crippen LogP contribution in [0.25, 0.3) is 6.08 Å². The van der Waals surface area contributed by atoms with Crippen LogP contribution in [0.5, 0.6) is 17.2 Å². The molecule has 0 bridgehead atoms. The minimum Gasteiger partial charge on any atom is -0.507 e. The van der Waals surface area contributed by atoms with Crippen LogP contribution in [0.2, 0.25) is 0 Å². The Labute approximate surface area is 159 Å². The van der Waals surface area contributed by atoms with Gasteiger partial charge in [-0.3, -0.25) is 9.69 Å². The van der Waals surface area contributed by atoms with Gasteiger partial charge in [-0.2, -0.15) is 0 Å². The second kappa shape index (κ2) is 6.62. The Bertz CT molecular complexity index is 1060. The highest BCUT2D eigenvalue weighted by Crippen LogP contribution is 2.33. The van der Waals surface area contributed by atoms with E-state index in [4.69, 9.17) is 14.6 Å². The largest absolute Gasteiger partial charge is 0.507 e. The van der Waals surface area contributed by atoms with Gasteiger partial charge in [0.25, 0.3) is 5.91 Å². The van der Waals surface area contributed by atoms with Crippen LogP contribution in [0.4, 0.5) is 5.69 Å². The number of aromatic hydroxyl groups is 1. The SMILES string of the molecule is CN1C(=O)/C(=C/c2ccc3c(c2)OCO3)N=C1Nc1ccc(O)c(C(=O)O)c1. The third-order valence-corrected chi connectivity index (χ3v) is 4.25. The summed E-state index contributed by atoms with van der Waals surface area (Å²) in [6.07, 6.45) is 1.62. The van der Waals surface area contributed by atoms with Crippen molar-refractivity contribution in [3.63, 3.8) is 0 Å². The molecular formula is C19H15N3O6. The van der Waals surface area contributed by atoms with Gasteiger partial charge in [-0.05, 0) is 42.0 Å². The van der Waals surface area contributed by atoms with E-state index in [0.717, 1.165) is 5.56 Å². The molecular weight excluding hydrogens is 366 g/mol. The minimum absolute atomic E-state index is 0.161. The van der Waals surface area contributed by atoms with E-state index in [0.29, 0.717) is 17.2 Å². The fourth-order valence-corrected chi connectivity index (χ4v) is 2.79. The van der Waals surface area contributed by atoms with E-state index in [1.807, 2.05) is 0 Å². The molecule has 0 saturated heterocycles. The van der Waals surface area contributed by atoms with Crippen molar-refractivity contribution in [2.45, 2.75) is 0 Å². The van der Waals surface area contributed by atoms with Crippen molar-refractivity contribution in [3.05, 3.63) is 53.2 Å². The summed E-state index contributed by atoms with van der Waals surface area (Å²) in [6.45, 7) is 0.161. The number of anilines is 1. The molecule has 9 heteroatoms. The first-order valence-electron chi connectivity index (χ1n) is 8.24. The highest BCUT2D eigenvalue weighted by molar-refractivity contribution is 6.17. The number of hydrogen-bond acceptors (Lipinski definition) is 7. The van der Waals surface area contributed by atoms with Crippen LogP contribution in [-0.2, 0) is 4.79 Å². The van der Waals surface area contributed by atoms with Gasteiger partial charge in [0.1, 0.15) is 17.0 Å². The third-order valence-electron chi connectivity index (χ3n) is 4.25. The standard InChI is InChI=1S/C19H15N3O6/c1-22-17(24)13(6-10-2-5-15-16(7-10)28-9-27-15)21-19(22)20-11-3-4-14(23)12(8-11)18(25)26/h2-8,23H,9H2,1H3,(H,20,21)(H,25,26)/b13-6-. The predicted molar refractivity (Wildman–Crippen MR) is 99.4 cm³/mol. The van der Waals surface area contributed by atoms with E-state index in [-0.39, 0.29) is 35.7 Å². The molecule has 0 radical (unpaired) electrons. The second-order valence-corrected chi connectivity index (χ2v) is 6.10. The average molecular weight is 381 g/mol. The first kappa shape index (κ1) is 17.4. The molecule has 4 rings (SSSR count). The van der Waals surface area contributed by atoms with Crippen LogP contribution in [-0.4, -0.2) is 46.8 Å². The lowest BCUT2D eigenvalue weighted by atomic mass is 10.1.